The highest BCUT2D eigenvalue weighted by atomic mass is 32.1. The molecule has 3 rings (SSSR count). The predicted octanol–water partition coefficient (Wildman–Crippen LogP) is 3.04. The van der Waals surface area contributed by atoms with E-state index in [1.54, 1.807) is 11.3 Å². The molecule has 2 aromatic rings. The summed E-state index contributed by atoms with van der Waals surface area (Å²) in [7, 11) is 0. The van der Waals surface area contributed by atoms with Crippen molar-refractivity contribution in [2.75, 3.05) is 18.0 Å². The van der Waals surface area contributed by atoms with Crippen LogP contribution in [0.25, 0.3) is 0 Å². The first kappa shape index (κ1) is 16.9. The molecule has 1 N–H and O–H groups in total. The fourth-order valence-electron chi connectivity index (χ4n) is 3.11. The van der Waals surface area contributed by atoms with E-state index in [0.29, 0.717) is 0 Å². The summed E-state index contributed by atoms with van der Waals surface area (Å²) in [6.45, 7) is 7.72. The van der Waals surface area contributed by atoms with E-state index < -0.39 is 0 Å². The summed E-state index contributed by atoms with van der Waals surface area (Å²) < 4.78 is 0. The van der Waals surface area contributed by atoms with E-state index >= 15 is 0 Å². The van der Waals surface area contributed by atoms with Crippen molar-refractivity contribution in [3.63, 3.8) is 0 Å². The number of piperidine rings is 1. The first-order valence-corrected chi connectivity index (χ1v) is 9.32. The second kappa shape index (κ2) is 7.30. The molecule has 0 saturated carbocycles. The van der Waals surface area contributed by atoms with Gasteiger partial charge in [-0.2, -0.15) is 0 Å². The van der Waals surface area contributed by atoms with Crippen LogP contribution in [0.3, 0.4) is 0 Å². The second-order valence-electron chi connectivity index (χ2n) is 6.42. The minimum Gasteiger partial charge on any atom is -0.356 e. The van der Waals surface area contributed by atoms with E-state index in [-0.39, 0.29) is 17.9 Å². The number of aryl methyl sites for hydroxylation is 2. The van der Waals surface area contributed by atoms with Gasteiger partial charge in [0, 0.05) is 35.8 Å². The molecule has 0 radical (unpaired) electrons. The monoisotopic (exact) mass is 344 g/mol. The number of rotatable bonds is 4. The van der Waals surface area contributed by atoms with Gasteiger partial charge in [-0.1, -0.05) is 6.07 Å². The summed E-state index contributed by atoms with van der Waals surface area (Å²) in [4.78, 5) is 24.7. The summed E-state index contributed by atoms with van der Waals surface area (Å²) in [5.41, 5.74) is 0.998. The molecule has 0 spiro atoms. The van der Waals surface area contributed by atoms with E-state index in [0.717, 1.165) is 48.1 Å². The number of nitrogens with zero attached hydrogens (tertiary/aromatic N) is 3. The zero-order valence-electron chi connectivity index (χ0n) is 14.5. The largest absolute Gasteiger partial charge is 0.356 e. The van der Waals surface area contributed by atoms with Crippen molar-refractivity contribution in [3.05, 3.63) is 40.0 Å². The number of anilines is 1. The highest BCUT2D eigenvalue weighted by molar-refractivity contribution is 7.10. The fraction of sp³-hybridized carbons (Fsp3) is 0.500. The van der Waals surface area contributed by atoms with Gasteiger partial charge in [0.15, 0.2) is 0 Å². The van der Waals surface area contributed by atoms with Crippen molar-refractivity contribution in [1.29, 1.82) is 0 Å². The molecule has 1 aliphatic heterocycles. The first-order valence-electron chi connectivity index (χ1n) is 8.44. The summed E-state index contributed by atoms with van der Waals surface area (Å²) >= 11 is 1.64. The Hall–Kier alpha value is -1.95. The molecule has 0 aliphatic carbocycles. The summed E-state index contributed by atoms with van der Waals surface area (Å²) in [5, 5.41) is 5.23. The molecule has 3 heterocycles. The number of thiophene rings is 1. The van der Waals surface area contributed by atoms with Crippen LogP contribution in [0.4, 0.5) is 5.82 Å². The van der Waals surface area contributed by atoms with Gasteiger partial charge in [-0.3, -0.25) is 4.79 Å². The fourth-order valence-corrected chi connectivity index (χ4v) is 3.89. The van der Waals surface area contributed by atoms with Crippen LogP contribution >= 0.6 is 11.3 Å². The number of carbonyl (C=O) groups is 1. The molecule has 128 valence electrons. The molecular weight excluding hydrogens is 320 g/mol. The average molecular weight is 344 g/mol. The van der Waals surface area contributed by atoms with Gasteiger partial charge in [0.2, 0.25) is 5.91 Å². The third-order valence-electron chi connectivity index (χ3n) is 4.48. The topological polar surface area (TPSA) is 58.1 Å². The number of hydrogen-bond acceptors (Lipinski definition) is 5. The predicted molar refractivity (Wildman–Crippen MR) is 97.6 cm³/mol. The van der Waals surface area contributed by atoms with Crippen molar-refractivity contribution >= 4 is 23.1 Å². The molecule has 1 saturated heterocycles. The lowest BCUT2D eigenvalue weighted by Gasteiger charge is -2.33. The van der Waals surface area contributed by atoms with E-state index in [9.17, 15) is 4.79 Å². The summed E-state index contributed by atoms with van der Waals surface area (Å²) in [6, 6.07) is 6.30. The van der Waals surface area contributed by atoms with Gasteiger partial charge >= 0.3 is 0 Å². The molecule has 1 fully saturated rings. The normalized spacial score (nSPS) is 16.9. The molecule has 6 heteroatoms. The minimum absolute atomic E-state index is 0.0739. The van der Waals surface area contributed by atoms with Crippen molar-refractivity contribution in [3.8, 4) is 0 Å². The van der Waals surface area contributed by atoms with Crippen LogP contribution in [0, 0.1) is 13.8 Å². The molecule has 24 heavy (non-hydrogen) atoms. The zero-order chi connectivity index (χ0) is 17.1. The van der Waals surface area contributed by atoms with E-state index in [2.05, 4.69) is 20.2 Å². The third kappa shape index (κ3) is 3.93. The highest BCUT2D eigenvalue weighted by Crippen LogP contribution is 2.23. The Bertz CT molecular complexity index is 673. The summed E-state index contributed by atoms with van der Waals surface area (Å²) in [6.07, 6.45) is 1.90. The van der Waals surface area contributed by atoms with Gasteiger partial charge in [0.1, 0.15) is 11.6 Å². The molecule has 1 amide bonds. The van der Waals surface area contributed by atoms with Crippen molar-refractivity contribution in [1.82, 2.24) is 15.3 Å². The van der Waals surface area contributed by atoms with Crippen LogP contribution in [0.1, 0.15) is 42.1 Å². The maximum Gasteiger partial charge on any atom is 0.228 e. The van der Waals surface area contributed by atoms with Gasteiger partial charge < -0.3 is 10.2 Å². The quantitative estimate of drug-likeness (QED) is 0.926. The number of amides is 1. The summed E-state index contributed by atoms with van der Waals surface area (Å²) in [5.74, 6) is 1.86. The lowest BCUT2D eigenvalue weighted by atomic mass is 10.0. The van der Waals surface area contributed by atoms with Gasteiger partial charge in [-0.05, 0) is 45.1 Å². The molecule has 0 bridgehead atoms. The molecular formula is C18H24N4OS. The maximum atomic E-state index is 12.4. The molecule has 2 aromatic heterocycles. The average Bonchev–Trinajstić information content (AvgIpc) is 3.08. The Labute approximate surface area is 147 Å². The zero-order valence-corrected chi connectivity index (χ0v) is 15.3. The highest BCUT2D eigenvalue weighted by Gasteiger charge is 2.24. The van der Waals surface area contributed by atoms with E-state index in [1.165, 1.54) is 0 Å². The molecule has 1 aliphatic rings. The van der Waals surface area contributed by atoms with Crippen LogP contribution in [-0.2, 0) is 4.79 Å². The molecule has 0 aromatic carbocycles. The van der Waals surface area contributed by atoms with E-state index in [4.69, 9.17) is 0 Å². The Morgan fingerprint density at radius 3 is 2.71 bits per heavy atom. The molecule has 5 nitrogen and oxygen atoms in total. The van der Waals surface area contributed by atoms with Crippen molar-refractivity contribution < 1.29 is 4.79 Å². The van der Waals surface area contributed by atoms with E-state index in [1.807, 2.05) is 44.4 Å². The Morgan fingerprint density at radius 1 is 1.33 bits per heavy atom. The Kier molecular flexibility index (Phi) is 5.14. The van der Waals surface area contributed by atoms with Crippen LogP contribution in [-0.4, -0.2) is 35.0 Å². The SMILES string of the molecule is Cc1cc(N2CCC(NC(=O)[C@H](C)c3cccs3)CC2)nc(C)n1. The van der Waals surface area contributed by atoms with Crippen LogP contribution in [0.5, 0.6) is 0 Å². The number of hydrogen-bond donors (Lipinski definition) is 1. The molecule has 0 unspecified atom stereocenters. The van der Waals surface area contributed by atoms with Crippen LogP contribution in [0.2, 0.25) is 0 Å². The standard InChI is InChI=1S/C18H24N4OS/c1-12-11-17(20-14(3)19-12)22-8-6-15(7-9-22)21-18(23)13(2)16-5-4-10-24-16/h4-5,10-11,13,15H,6-9H2,1-3H3,(H,21,23)/t13-/m1/s1. The Balaban J connectivity index is 1.54. The number of aromatic nitrogens is 2. The van der Waals surface area contributed by atoms with Crippen molar-refractivity contribution in [2.24, 2.45) is 0 Å². The minimum atomic E-state index is -0.0739. The smallest absolute Gasteiger partial charge is 0.228 e. The third-order valence-corrected chi connectivity index (χ3v) is 5.54. The molecule has 1 atom stereocenters. The van der Waals surface area contributed by atoms with Crippen molar-refractivity contribution in [2.45, 2.75) is 45.6 Å². The lowest BCUT2D eigenvalue weighted by molar-refractivity contribution is -0.123. The van der Waals surface area contributed by atoms with Gasteiger partial charge in [0.05, 0.1) is 5.92 Å². The lowest BCUT2D eigenvalue weighted by Crippen LogP contribution is -2.46. The first-order chi connectivity index (χ1) is 11.5. The maximum absolute atomic E-state index is 12.4. The number of carbonyl (C=O) groups excluding carboxylic acids is 1. The number of nitrogens with one attached hydrogen (secondary N) is 1. The second-order valence-corrected chi connectivity index (χ2v) is 7.40. The Morgan fingerprint density at radius 2 is 2.08 bits per heavy atom. The van der Waals surface area contributed by atoms with Crippen LogP contribution in [0.15, 0.2) is 23.6 Å². The van der Waals surface area contributed by atoms with Gasteiger partial charge in [-0.25, -0.2) is 9.97 Å². The van der Waals surface area contributed by atoms with Gasteiger partial charge in [0.25, 0.3) is 0 Å². The van der Waals surface area contributed by atoms with Gasteiger partial charge in [-0.15, -0.1) is 11.3 Å². The van der Waals surface area contributed by atoms with Crippen LogP contribution < -0.4 is 10.2 Å².